The van der Waals surface area contributed by atoms with Gasteiger partial charge in [0, 0.05) is 30.8 Å². The largest absolute Gasteiger partial charge is 0.396 e. The summed E-state index contributed by atoms with van der Waals surface area (Å²) in [7, 11) is 0. The highest BCUT2D eigenvalue weighted by molar-refractivity contribution is 7.99. The number of nitrogens with zero attached hydrogens (tertiary/aromatic N) is 3. The molecule has 2 aromatic heterocycles. The quantitative estimate of drug-likeness (QED) is 0.298. The Bertz CT molecular complexity index is 957. The van der Waals surface area contributed by atoms with Crippen LogP contribution in [0.1, 0.15) is 38.1 Å². The number of halogens is 1. The van der Waals surface area contributed by atoms with Gasteiger partial charge in [-0.05, 0) is 31.2 Å². The number of pyridine rings is 1. The predicted octanol–water partition coefficient (Wildman–Crippen LogP) is 2.86. The summed E-state index contributed by atoms with van der Waals surface area (Å²) in [5.74, 6) is 1.01. The molecule has 1 unspecified atom stereocenters. The lowest BCUT2D eigenvalue weighted by Crippen LogP contribution is -2.54. The van der Waals surface area contributed by atoms with E-state index in [0.717, 1.165) is 17.7 Å². The number of anilines is 2. The highest BCUT2D eigenvalue weighted by atomic mass is 35.5. The van der Waals surface area contributed by atoms with Crippen molar-refractivity contribution in [1.82, 2.24) is 15.0 Å². The fourth-order valence-corrected chi connectivity index (χ4v) is 4.32. The average molecular weight is 498 g/mol. The van der Waals surface area contributed by atoms with Crippen LogP contribution in [-0.4, -0.2) is 68.8 Å². The highest BCUT2D eigenvalue weighted by Crippen LogP contribution is 2.37. The fraction of sp³-hybridized carbons (Fsp3) is 0.591. The molecule has 0 amide bonds. The van der Waals surface area contributed by atoms with Crippen molar-refractivity contribution in [2.24, 2.45) is 5.41 Å². The first kappa shape index (κ1) is 25.9. The molecule has 0 saturated carbocycles. The molecule has 0 radical (unpaired) electrons. The van der Waals surface area contributed by atoms with E-state index in [0.29, 0.717) is 39.6 Å². The SMILES string of the molecule is CCC(C)(CO)CCNc1nc(C)c(Sc2ccnc(NCC3(O)COC3)c2Cl)nc1CO. The van der Waals surface area contributed by atoms with Crippen LogP contribution in [0, 0.1) is 12.3 Å². The molecule has 1 saturated heterocycles. The van der Waals surface area contributed by atoms with E-state index in [9.17, 15) is 15.3 Å². The minimum atomic E-state index is -0.902. The van der Waals surface area contributed by atoms with Crippen LogP contribution in [0.3, 0.4) is 0 Å². The maximum Gasteiger partial charge on any atom is 0.150 e. The molecule has 1 fully saturated rings. The molecular weight excluding hydrogens is 466 g/mol. The topological polar surface area (TPSA) is 133 Å². The summed E-state index contributed by atoms with van der Waals surface area (Å²) in [5, 5.41) is 37.0. The van der Waals surface area contributed by atoms with Gasteiger partial charge in [0.1, 0.15) is 22.1 Å². The number of rotatable bonds is 12. The van der Waals surface area contributed by atoms with Crippen molar-refractivity contribution < 1.29 is 20.1 Å². The van der Waals surface area contributed by atoms with Crippen molar-refractivity contribution in [1.29, 1.82) is 0 Å². The van der Waals surface area contributed by atoms with Crippen LogP contribution in [-0.2, 0) is 11.3 Å². The smallest absolute Gasteiger partial charge is 0.150 e. The average Bonchev–Trinajstić information content (AvgIpc) is 2.79. The molecule has 11 heteroatoms. The van der Waals surface area contributed by atoms with Gasteiger partial charge in [0.15, 0.2) is 5.82 Å². The third kappa shape index (κ3) is 6.46. The highest BCUT2D eigenvalue weighted by Gasteiger charge is 2.36. The van der Waals surface area contributed by atoms with Crippen LogP contribution in [0.25, 0.3) is 0 Å². The first-order chi connectivity index (χ1) is 15.7. The molecule has 0 aliphatic carbocycles. The van der Waals surface area contributed by atoms with E-state index >= 15 is 0 Å². The van der Waals surface area contributed by atoms with Crippen molar-refractivity contribution in [2.45, 2.75) is 55.7 Å². The first-order valence-corrected chi connectivity index (χ1v) is 12.1. The van der Waals surface area contributed by atoms with Crippen LogP contribution in [0.2, 0.25) is 5.02 Å². The van der Waals surface area contributed by atoms with E-state index in [2.05, 4.69) is 32.5 Å². The summed E-state index contributed by atoms with van der Waals surface area (Å²) in [4.78, 5) is 14.2. The molecule has 1 atom stereocenters. The number of nitrogens with one attached hydrogen (secondary N) is 2. The summed E-state index contributed by atoms with van der Waals surface area (Å²) in [6.45, 7) is 7.27. The summed E-state index contributed by atoms with van der Waals surface area (Å²) in [5.41, 5.74) is 0.0841. The second kappa shape index (κ2) is 11.2. The third-order valence-electron chi connectivity index (χ3n) is 5.89. The zero-order valence-electron chi connectivity index (χ0n) is 19.2. The van der Waals surface area contributed by atoms with Gasteiger partial charge in [0.2, 0.25) is 0 Å². The fourth-order valence-electron chi connectivity index (χ4n) is 3.16. The van der Waals surface area contributed by atoms with Crippen molar-refractivity contribution in [2.75, 3.05) is 43.5 Å². The van der Waals surface area contributed by atoms with E-state index < -0.39 is 5.60 Å². The van der Waals surface area contributed by atoms with Crippen molar-refractivity contribution in [3.63, 3.8) is 0 Å². The Morgan fingerprint density at radius 3 is 2.61 bits per heavy atom. The number of hydrogen-bond acceptors (Lipinski definition) is 10. The number of aromatic nitrogens is 3. The second-order valence-corrected chi connectivity index (χ2v) is 10.1. The molecule has 9 nitrogen and oxygen atoms in total. The number of aryl methyl sites for hydroxylation is 1. The van der Waals surface area contributed by atoms with Crippen molar-refractivity contribution in [3.05, 3.63) is 28.7 Å². The normalized spacial score (nSPS) is 16.7. The first-order valence-electron chi connectivity index (χ1n) is 10.9. The minimum absolute atomic E-state index is 0.120. The van der Waals surface area contributed by atoms with Crippen LogP contribution >= 0.6 is 23.4 Å². The molecule has 1 aliphatic heterocycles. The van der Waals surface area contributed by atoms with E-state index in [-0.39, 0.29) is 38.4 Å². The number of ether oxygens (including phenoxy) is 1. The molecule has 33 heavy (non-hydrogen) atoms. The molecule has 3 rings (SSSR count). The van der Waals surface area contributed by atoms with Crippen LogP contribution in [0.5, 0.6) is 0 Å². The Balaban J connectivity index is 1.71. The van der Waals surface area contributed by atoms with Gasteiger partial charge < -0.3 is 30.7 Å². The van der Waals surface area contributed by atoms with Gasteiger partial charge in [-0.3, -0.25) is 0 Å². The maximum atomic E-state index is 10.2. The zero-order chi connectivity index (χ0) is 24.1. The van der Waals surface area contributed by atoms with Crippen LogP contribution < -0.4 is 10.6 Å². The van der Waals surface area contributed by atoms with Crippen LogP contribution in [0.4, 0.5) is 11.6 Å². The third-order valence-corrected chi connectivity index (χ3v) is 7.53. The van der Waals surface area contributed by atoms with E-state index in [1.54, 1.807) is 12.3 Å². The number of hydrogen-bond donors (Lipinski definition) is 5. The zero-order valence-corrected chi connectivity index (χ0v) is 20.8. The van der Waals surface area contributed by atoms with E-state index in [1.165, 1.54) is 11.8 Å². The second-order valence-electron chi connectivity index (χ2n) is 8.71. The standard InChI is InChI=1S/C22H32ClN5O4S/c1-4-21(3,11-30)6-8-25-18-15(9-29)28-20(14(2)27-18)33-16-5-7-24-19(17(16)23)26-10-22(31)12-32-13-22/h5,7,29-31H,4,6,8-13H2,1-3H3,(H,24,26)(H,25,27). The Kier molecular flexibility index (Phi) is 8.76. The maximum absolute atomic E-state index is 10.2. The molecule has 1 aliphatic rings. The van der Waals surface area contributed by atoms with Crippen molar-refractivity contribution >= 4 is 35.0 Å². The van der Waals surface area contributed by atoms with Crippen molar-refractivity contribution in [3.8, 4) is 0 Å². The molecule has 182 valence electrons. The Morgan fingerprint density at radius 1 is 1.24 bits per heavy atom. The molecule has 0 bridgehead atoms. The van der Waals surface area contributed by atoms with Gasteiger partial charge in [0.25, 0.3) is 0 Å². The number of aliphatic hydroxyl groups excluding tert-OH is 2. The van der Waals surface area contributed by atoms with Gasteiger partial charge in [-0.1, -0.05) is 37.2 Å². The summed E-state index contributed by atoms with van der Waals surface area (Å²) < 4.78 is 5.06. The predicted molar refractivity (Wildman–Crippen MR) is 129 cm³/mol. The molecule has 3 heterocycles. The Hall–Kier alpha value is -1.69. The van der Waals surface area contributed by atoms with Gasteiger partial charge >= 0.3 is 0 Å². The van der Waals surface area contributed by atoms with Gasteiger partial charge in [-0.15, -0.1) is 0 Å². The number of aliphatic hydroxyl groups is 3. The Morgan fingerprint density at radius 2 is 2.00 bits per heavy atom. The monoisotopic (exact) mass is 497 g/mol. The van der Waals surface area contributed by atoms with E-state index in [1.807, 2.05) is 13.8 Å². The lowest BCUT2D eigenvalue weighted by atomic mass is 9.85. The summed E-state index contributed by atoms with van der Waals surface area (Å²) in [6, 6.07) is 1.78. The van der Waals surface area contributed by atoms with Crippen LogP contribution in [0.15, 0.2) is 22.2 Å². The molecule has 0 spiro atoms. The molecular formula is C22H32ClN5O4S. The molecule has 0 aromatic carbocycles. The molecule has 5 N–H and O–H groups in total. The van der Waals surface area contributed by atoms with Gasteiger partial charge in [-0.25, -0.2) is 15.0 Å². The minimum Gasteiger partial charge on any atom is -0.396 e. The Labute approximate surface area is 203 Å². The summed E-state index contributed by atoms with van der Waals surface area (Å²) in [6.07, 6.45) is 3.27. The summed E-state index contributed by atoms with van der Waals surface area (Å²) >= 11 is 7.89. The lowest BCUT2D eigenvalue weighted by Gasteiger charge is -2.36. The van der Waals surface area contributed by atoms with Gasteiger partial charge in [-0.2, -0.15) is 0 Å². The van der Waals surface area contributed by atoms with E-state index in [4.69, 9.17) is 16.3 Å². The lowest BCUT2D eigenvalue weighted by molar-refractivity contribution is -0.168. The molecule has 2 aromatic rings. The van der Waals surface area contributed by atoms with Gasteiger partial charge in [0.05, 0.1) is 30.5 Å².